The SMILES string of the molecule is CC1(C)CCN(Cc2ccc(C(N)=O)cc2N)CCS1. The van der Waals surface area contributed by atoms with E-state index in [0.29, 0.717) is 16.0 Å². The van der Waals surface area contributed by atoms with Crippen molar-refractivity contribution in [2.45, 2.75) is 31.6 Å². The summed E-state index contributed by atoms with van der Waals surface area (Å²) in [6.45, 7) is 7.60. The lowest BCUT2D eigenvalue weighted by Gasteiger charge is -2.23. The van der Waals surface area contributed by atoms with Gasteiger partial charge in [0.25, 0.3) is 0 Å². The predicted molar refractivity (Wildman–Crippen MR) is 85.8 cm³/mol. The van der Waals surface area contributed by atoms with Crippen molar-refractivity contribution in [1.82, 2.24) is 4.90 Å². The molecule has 0 bridgehead atoms. The van der Waals surface area contributed by atoms with E-state index in [1.54, 1.807) is 12.1 Å². The standard InChI is InChI=1S/C15H23N3OS/c1-15(2)5-6-18(7-8-20-15)10-12-4-3-11(14(17)19)9-13(12)16/h3-4,9H,5-8,10,16H2,1-2H3,(H2,17,19). The fourth-order valence-corrected chi connectivity index (χ4v) is 3.49. The number of primary amides is 1. The third-order valence-electron chi connectivity index (χ3n) is 3.75. The van der Waals surface area contributed by atoms with Crippen LogP contribution in [0.3, 0.4) is 0 Å². The van der Waals surface area contributed by atoms with Crippen molar-refractivity contribution in [3.8, 4) is 0 Å². The fourth-order valence-electron chi connectivity index (χ4n) is 2.35. The Labute approximate surface area is 124 Å². The average molecular weight is 293 g/mol. The lowest BCUT2D eigenvalue weighted by Crippen LogP contribution is -2.27. The van der Waals surface area contributed by atoms with Crippen LogP contribution in [0.2, 0.25) is 0 Å². The van der Waals surface area contributed by atoms with Gasteiger partial charge in [-0.15, -0.1) is 0 Å². The first-order chi connectivity index (χ1) is 9.37. The van der Waals surface area contributed by atoms with Gasteiger partial charge >= 0.3 is 0 Å². The first-order valence-corrected chi connectivity index (χ1v) is 7.90. The molecule has 110 valence electrons. The summed E-state index contributed by atoms with van der Waals surface area (Å²) in [5.41, 5.74) is 13.5. The van der Waals surface area contributed by atoms with E-state index in [9.17, 15) is 4.79 Å². The van der Waals surface area contributed by atoms with Crippen molar-refractivity contribution >= 4 is 23.4 Å². The predicted octanol–water partition coefficient (Wildman–Crippen LogP) is 2.09. The van der Waals surface area contributed by atoms with Crippen LogP contribution >= 0.6 is 11.8 Å². The molecule has 20 heavy (non-hydrogen) atoms. The van der Waals surface area contributed by atoms with Gasteiger partial charge in [0.15, 0.2) is 0 Å². The maximum Gasteiger partial charge on any atom is 0.248 e. The molecule has 0 aromatic heterocycles. The Bertz CT molecular complexity index is 502. The van der Waals surface area contributed by atoms with Gasteiger partial charge in [0.05, 0.1) is 0 Å². The number of benzene rings is 1. The van der Waals surface area contributed by atoms with Crippen LogP contribution in [0, 0.1) is 0 Å². The van der Waals surface area contributed by atoms with Crippen LogP contribution in [0.4, 0.5) is 5.69 Å². The molecular formula is C15H23N3OS. The molecule has 0 radical (unpaired) electrons. The third-order valence-corrected chi connectivity index (χ3v) is 5.13. The first kappa shape index (κ1) is 15.2. The van der Waals surface area contributed by atoms with Crippen molar-refractivity contribution in [2.75, 3.05) is 24.6 Å². The molecule has 0 spiro atoms. The summed E-state index contributed by atoms with van der Waals surface area (Å²) in [4.78, 5) is 13.6. The number of amides is 1. The molecule has 1 aromatic rings. The second-order valence-electron chi connectivity index (χ2n) is 5.91. The van der Waals surface area contributed by atoms with E-state index in [1.807, 2.05) is 17.8 Å². The van der Waals surface area contributed by atoms with E-state index in [2.05, 4.69) is 18.7 Å². The van der Waals surface area contributed by atoms with Crippen molar-refractivity contribution in [3.63, 3.8) is 0 Å². The molecule has 0 atom stereocenters. The number of nitrogen functional groups attached to an aromatic ring is 1. The zero-order valence-electron chi connectivity index (χ0n) is 12.2. The van der Waals surface area contributed by atoms with E-state index in [-0.39, 0.29) is 0 Å². The van der Waals surface area contributed by atoms with Gasteiger partial charge in [0, 0.05) is 34.8 Å². The van der Waals surface area contributed by atoms with Gasteiger partial charge < -0.3 is 11.5 Å². The fraction of sp³-hybridized carbons (Fsp3) is 0.533. The molecule has 0 aliphatic carbocycles. The number of nitrogens with zero attached hydrogens (tertiary/aromatic N) is 1. The Hall–Kier alpha value is -1.20. The molecule has 1 aromatic carbocycles. The summed E-state index contributed by atoms with van der Waals surface area (Å²) in [5.74, 6) is 0.711. The minimum absolute atomic E-state index is 0.357. The Balaban J connectivity index is 2.05. The Kier molecular flexibility index (Phi) is 4.60. The van der Waals surface area contributed by atoms with Crippen LogP contribution in [0.1, 0.15) is 36.2 Å². The number of hydrogen-bond acceptors (Lipinski definition) is 4. The van der Waals surface area contributed by atoms with Gasteiger partial charge in [0.1, 0.15) is 0 Å². The molecule has 1 fully saturated rings. The molecule has 2 rings (SSSR count). The monoisotopic (exact) mass is 293 g/mol. The number of nitrogens with two attached hydrogens (primary N) is 2. The number of hydrogen-bond donors (Lipinski definition) is 2. The molecule has 0 unspecified atom stereocenters. The Morgan fingerprint density at radius 3 is 2.80 bits per heavy atom. The molecule has 4 nitrogen and oxygen atoms in total. The lowest BCUT2D eigenvalue weighted by molar-refractivity contribution is 0.100. The largest absolute Gasteiger partial charge is 0.398 e. The second kappa shape index (κ2) is 6.06. The zero-order chi connectivity index (χ0) is 14.8. The summed E-state index contributed by atoms with van der Waals surface area (Å²) in [5, 5.41) is 0. The maximum atomic E-state index is 11.1. The molecule has 1 heterocycles. The lowest BCUT2D eigenvalue weighted by atomic mass is 10.1. The van der Waals surface area contributed by atoms with E-state index < -0.39 is 5.91 Å². The Morgan fingerprint density at radius 1 is 1.40 bits per heavy atom. The van der Waals surface area contributed by atoms with E-state index in [0.717, 1.165) is 31.0 Å². The topological polar surface area (TPSA) is 72.3 Å². The third kappa shape index (κ3) is 3.90. The molecule has 5 heteroatoms. The molecular weight excluding hydrogens is 270 g/mol. The van der Waals surface area contributed by atoms with Crippen LogP contribution in [0.25, 0.3) is 0 Å². The summed E-state index contributed by atoms with van der Waals surface area (Å²) in [6, 6.07) is 5.34. The highest BCUT2D eigenvalue weighted by atomic mass is 32.2. The number of anilines is 1. The Morgan fingerprint density at radius 2 is 2.15 bits per heavy atom. The molecule has 1 aliphatic rings. The molecule has 1 saturated heterocycles. The second-order valence-corrected chi connectivity index (χ2v) is 7.71. The first-order valence-electron chi connectivity index (χ1n) is 6.92. The smallest absolute Gasteiger partial charge is 0.248 e. The summed E-state index contributed by atoms with van der Waals surface area (Å²) >= 11 is 2.03. The van der Waals surface area contributed by atoms with Crippen LogP contribution in [0.15, 0.2) is 18.2 Å². The van der Waals surface area contributed by atoms with Crippen LogP contribution in [0.5, 0.6) is 0 Å². The van der Waals surface area contributed by atoms with Crippen molar-refractivity contribution in [1.29, 1.82) is 0 Å². The number of carbonyl (C=O) groups is 1. The average Bonchev–Trinajstić information content (AvgIpc) is 2.53. The van der Waals surface area contributed by atoms with Gasteiger partial charge in [-0.25, -0.2) is 0 Å². The highest BCUT2D eigenvalue weighted by Crippen LogP contribution is 2.31. The number of thioether (sulfide) groups is 1. The van der Waals surface area contributed by atoms with Gasteiger partial charge in [-0.05, 0) is 30.7 Å². The minimum Gasteiger partial charge on any atom is -0.398 e. The quantitative estimate of drug-likeness (QED) is 0.837. The molecule has 0 saturated carbocycles. The maximum absolute atomic E-state index is 11.1. The van der Waals surface area contributed by atoms with E-state index >= 15 is 0 Å². The van der Waals surface area contributed by atoms with Gasteiger partial charge in [-0.3, -0.25) is 9.69 Å². The molecule has 1 amide bonds. The molecule has 4 N–H and O–H groups in total. The van der Waals surface area contributed by atoms with Gasteiger partial charge in [0.2, 0.25) is 5.91 Å². The van der Waals surface area contributed by atoms with Crippen molar-refractivity contribution in [3.05, 3.63) is 29.3 Å². The number of carbonyl (C=O) groups excluding carboxylic acids is 1. The highest BCUT2D eigenvalue weighted by Gasteiger charge is 2.23. The van der Waals surface area contributed by atoms with Crippen molar-refractivity contribution < 1.29 is 4.79 Å². The van der Waals surface area contributed by atoms with E-state index in [1.165, 1.54) is 6.42 Å². The summed E-state index contributed by atoms with van der Waals surface area (Å²) < 4.78 is 0.357. The molecule has 1 aliphatic heterocycles. The summed E-state index contributed by atoms with van der Waals surface area (Å²) in [6.07, 6.45) is 1.18. The van der Waals surface area contributed by atoms with E-state index in [4.69, 9.17) is 11.5 Å². The number of rotatable bonds is 3. The normalized spacial score (nSPS) is 19.5. The van der Waals surface area contributed by atoms with Gasteiger partial charge in [-0.2, -0.15) is 11.8 Å². The van der Waals surface area contributed by atoms with Crippen molar-refractivity contribution in [2.24, 2.45) is 5.73 Å². The highest BCUT2D eigenvalue weighted by molar-refractivity contribution is 8.00. The summed E-state index contributed by atoms with van der Waals surface area (Å²) in [7, 11) is 0. The minimum atomic E-state index is -0.434. The zero-order valence-corrected chi connectivity index (χ0v) is 13.0. The van der Waals surface area contributed by atoms with Crippen LogP contribution in [-0.2, 0) is 6.54 Å². The van der Waals surface area contributed by atoms with Gasteiger partial charge in [-0.1, -0.05) is 19.9 Å². The van der Waals surface area contributed by atoms with Crippen LogP contribution in [-0.4, -0.2) is 34.4 Å². The van der Waals surface area contributed by atoms with Crippen LogP contribution < -0.4 is 11.5 Å².